The van der Waals surface area contributed by atoms with Crippen LogP contribution in [0.3, 0.4) is 0 Å². The highest BCUT2D eigenvalue weighted by atomic mass is 32.2. The van der Waals surface area contributed by atoms with E-state index in [9.17, 15) is 18.3 Å². The number of rotatable bonds is 8. The van der Waals surface area contributed by atoms with E-state index >= 15 is 0 Å². The van der Waals surface area contributed by atoms with Crippen LogP contribution in [0.25, 0.3) is 0 Å². The Hall–Kier alpha value is -2.61. The third-order valence-electron chi connectivity index (χ3n) is 5.70. The van der Waals surface area contributed by atoms with Gasteiger partial charge in [0.05, 0.1) is 17.4 Å². The van der Waals surface area contributed by atoms with Crippen molar-refractivity contribution in [3.63, 3.8) is 0 Å². The van der Waals surface area contributed by atoms with Crippen LogP contribution in [0.4, 0.5) is 5.69 Å². The first-order valence-corrected chi connectivity index (χ1v) is 11.7. The van der Waals surface area contributed by atoms with Gasteiger partial charge < -0.3 is 14.7 Å². The van der Waals surface area contributed by atoms with E-state index in [0.717, 1.165) is 12.8 Å². The lowest BCUT2D eigenvalue weighted by atomic mass is 9.91. The normalized spacial score (nSPS) is 21.9. The molecule has 3 rings (SSSR count). The molecular formula is C22H28N2O5S. The van der Waals surface area contributed by atoms with Crippen LogP contribution in [0, 0.1) is 5.92 Å². The number of carboxylic acid groups (broad SMARTS) is 1. The number of anilines is 1. The number of hydrogen-bond donors (Lipinski definition) is 1. The lowest BCUT2D eigenvalue weighted by Crippen LogP contribution is -2.58. The quantitative estimate of drug-likeness (QED) is 0.635. The average molecular weight is 433 g/mol. The van der Waals surface area contributed by atoms with Gasteiger partial charge in [-0.2, -0.15) is 0 Å². The maximum absolute atomic E-state index is 13.7. The van der Waals surface area contributed by atoms with Gasteiger partial charge in [0.15, 0.2) is 0 Å². The SMILES string of the molecule is CCCCOc1ccc(S(=O)(=O)C2(C)CC(C(=O)O)CCN2c2ccncc2)cc1. The summed E-state index contributed by atoms with van der Waals surface area (Å²) >= 11 is 0. The number of aliphatic carboxylic acids is 1. The van der Waals surface area contributed by atoms with Gasteiger partial charge in [0.2, 0.25) is 9.84 Å². The molecular weight excluding hydrogens is 404 g/mol. The van der Waals surface area contributed by atoms with Crippen molar-refractivity contribution in [3.8, 4) is 5.75 Å². The number of pyridine rings is 1. The first-order chi connectivity index (χ1) is 14.3. The zero-order valence-electron chi connectivity index (χ0n) is 17.3. The molecule has 1 aromatic carbocycles. The molecule has 30 heavy (non-hydrogen) atoms. The Kier molecular flexibility index (Phi) is 6.65. The van der Waals surface area contributed by atoms with Crippen molar-refractivity contribution < 1.29 is 23.1 Å². The Bertz CT molecular complexity index is 963. The van der Waals surface area contributed by atoms with E-state index in [1.54, 1.807) is 48.5 Å². The first-order valence-electron chi connectivity index (χ1n) is 10.2. The van der Waals surface area contributed by atoms with Gasteiger partial charge in [0.1, 0.15) is 10.6 Å². The lowest BCUT2D eigenvalue weighted by Gasteiger charge is -2.47. The molecule has 1 fully saturated rings. The minimum atomic E-state index is -3.88. The predicted octanol–water partition coefficient (Wildman–Crippen LogP) is 3.75. The van der Waals surface area contributed by atoms with Crippen LogP contribution in [0.15, 0.2) is 53.7 Å². The van der Waals surface area contributed by atoms with E-state index in [1.807, 2.05) is 0 Å². The summed E-state index contributed by atoms with van der Waals surface area (Å²) in [5.41, 5.74) is 0.708. The summed E-state index contributed by atoms with van der Waals surface area (Å²) in [7, 11) is -3.88. The molecule has 0 saturated carbocycles. The second-order valence-corrected chi connectivity index (χ2v) is 10.1. The van der Waals surface area contributed by atoms with Gasteiger partial charge >= 0.3 is 5.97 Å². The number of hydrogen-bond acceptors (Lipinski definition) is 6. The number of aromatic nitrogens is 1. The maximum Gasteiger partial charge on any atom is 0.306 e. The fourth-order valence-electron chi connectivity index (χ4n) is 3.89. The van der Waals surface area contributed by atoms with E-state index in [1.165, 1.54) is 12.1 Å². The highest BCUT2D eigenvalue weighted by molar-refractivity contribution is 7.93. The standard InChI is InChI=1S/C22H28N2O5S/c1-3-4-15-29-19-5-7-20(8-6-19)30(27,28)22(2)16-17(21(25)26)11-14-24(22)18-9-12-23-13-10-18/h5-10,12-13,17H,3-4,11,14-16H2,1-2H3,(H,25,26). The molecule has 1 saturated heterocycles. The molecule has 0 aliphatic carbocycles. The monoisotopic (exact) mass is 432 g/mol. The Balaban J connectivity index is 1.96. The van der Waals surface area contributed by atoms with Crippen molar-refractivity contribution in [2.45, 2.75) is 49.3 Å². The van der Waals surface area contributed by atoms with Crippen molar-refractivity contribution in [1.29, 1.82) is 0 Å². The fourth-order valence-corrected chi connectivity index (χ4v) is 5.80. The number of carbonyl (C=O) groups is 1. The summed E-state index contributed by atoms with van der Waals surface area (Å²) in [4.78, 5) is 16.2. The second kappa shape index (κ2) is 9.04. The number of piperidine rings is 1. The van der Waals surface area contributed by atoms with Crippen LogP contribution in [0.1, 0.15) is 39.5 Å². The molecule has 1 aliphatic rings. The van der Waals surface area contributed by atoms with E-state index in [0.29, 0.717) is 31.0 Å². The van der Waals surface area contributed by atoms with Gasteiger partial charge in [-0.15, -0.1) is 0 Å². The van der Waals surface area contributed by atoms with E-state index < -0.39 is 26.6 Å². The molecule has 1 aliphatic heterocycles. The van der Waals surface area contributed by atoms with Gasteiger partial charge in [0.25, 0.3) is 0 Å². The first kappa shape index (κ1) is 22.1. The molecule has 0 spiro atoms. The smallest absolute Gasteiger partial charge is 0.306 e. The Morgan fingerprint density at radius 1 is 1.23 bits per heavy atom. The van der Waals surface area contributed by atoms with Crippen LogP contribution in [0.5, 0.6) is 5.75 Å². The van der Waals surface area contributed by atoms with E-state index in [-0.39, 0.29) is 11.3 Å². The van der Waals surface area contributed by atoms with Gasteiger partial charge in [-0.25, -0.2) is 8.42 Å². The molecule has 7 nitrogen and oxygen atoms in total. The summed E-state index contributed by atoms with van der Waals surface area (Å²) in [6.45, 7) is 4.59. The maximum atomic E-state index is 13.7. The molecule has 1 N–H and O–H groups in total. The lowest BCUT2D eigenvalue weighted by molar-refractivity contribution is -0.142. The van der Waals surface area contributed by atoms with Crippen molar-refractivity contribution in [2.75, 3.05) is 18.1 Å². The highest BCUT2D eigenvalue weighted by Crippen LogP contribution is 2.42. The van der Waals surface area contributed by atoms with Gasteiger partial charge in [-0.05, 0) is 62.6 Å². The molecule has 0 radical (unpaired) electrons. The van der Waals surface area contributed by atoms with Gasteiger partial charge in [0, 0.05) is 24.6 Å². The number of nitrogens with zero attached hydrogens (tertiary/aromatic N) is 2. The van der Waals surface area contributed by atoms with Crippen LogP contribution >= 0.6 is 0 Å². The zero-order chi connectivity index (χ0) is 21.8. The predicted molar refractivity (Wildman–Crippen MR) is 114 cm³/mol. The van der Waals surface area contributed by atoms with Gasteiger partial charge in [-0.1, -0.05) is 13.3 Å². The number of sulfone groups is 1. The summed E-state index contributed by atoms with van der Waals surface area (Å²) in [6.07, 6.45) is 5.53. The van der Waals surface area contributed by atoms with Crippen LogP contribution in [-0.2, 0) is 14.6 Å². The van der Waals surface area contributed by atoms with Crippen LogP contribution < -0.4 is 9.64 Å². The Labute approximate surface area is 177 Å². The molecule has 8 heteroatoms. The third-order valence-corrected chi connectivity index (χ3v) is 8.14. The van der Waals surface area contributed by atoms with Crippen LogP contribution in [0.2, 0.25) is 0 Å². The Morgan fingerprint density at radius 3 is 2.50 bits per heavy atom. The topological polar surface area (TPSA) is 96.8 Å². The summed E-state index contributed by atoms with van der Waals surface area (Å²) in [5.74, 6) is -1.07. The van der Waals surface area contributed by atoms with E-state index in [4.69, 9.17) is 4.74 Å². The molecule has 2 unspecified atom stereocenters. The fraction of sp³-hybridized carbons (Fsp3) is 0.455. The second-order valence-electron chi connectivity index (χ2n) is 7.74. The molecule has 2 heterocycles. The molecule has 162 valence electrons. The molecule has 2 atom stereocenters. The Morgan fingerprint density at radius 2 is 1.90 bits per heavy atom. The van der Waals surface area contributed by atoms with Gasteiger partial charge in [-0.3, -0.25) is 9.78 Å². The number of carboxylic acids is 1. The van der Waals surface area contributed by atoms with Crippen LogP contribution in [-0.4, -0.2) is 42.5 Å². The minimum Gasteiger partial charge on any atom is -0.494 e. The molecule has 1 aromatic heterocycles. The van der Waals surface area contributed by atoms with E-state index in [2.05, 4.69) is 11.9 Å². The average Bonchev–Trinajstić information content (AvgIpc) is 2.74. The molecule has 0 amide bonds. The minimum absolute atomic E-state index is 0.00173. The van der Waals surface area contributed by atoms with Crippen molar-refractivity contribution >= 4 is 21.5 Å². The van der Waals surface area contributed by atoms with Crippen molar-refractivity contribution in [3.05, 3.63) is 48.8 Å². The highest BCUT2D eigenvalue weighted by Gasteiger charge is 2.50. The largest absolute Gasteiger partial charge is 0.494 e. The number of ether oxygens (including phenoxy) is 1. The van der Waals surface area contributed by atoms with Crippen molar-refractivity contribution in [1.82, 2.24) is 4.98 Å². The third kappa shape index (κ3) is 4.28. The summed E-state index contributed by atoms with van der Waals surface area (Å²) in [5, 5.41) is 9.56. The zero-order valence-corrected chi connectivity index (χ0v) is 18.1. The summed E-state index contributed by atoms with van der Waals surface area (Å²) < 4.78 is 33.1. The number of unbranched alkanes of at least 4 members (excludes halogenated alkanes) is 1. The molecule has 0 bridgehead atoms. The summed E-state index contributed by atoms with van der Waals surface area (Å²) in [6, 6.07) is 9.88. The molecule has 2 aromatic rings. The van der Waals surface area contributed by atoms with Crippen molar-refractivity contribution in [2.24, 2.45) is 5.92 Å². The number of benzene rings is 1.